The highest BCUT2D eigenvalue weighted by Crippen LogP contribution is 2.40. The lowest BCUT2D eigenvalue weighted by Gasteiger charge is -2.29. The fourth-order valence-electron chi connectivity index (χ4n) is 3.84. The first kappa shape index (κ1) is 22.2. The molecule has 0 fully saturated rings. The van der Waals surface area contributed by atoms with Crippen molar-refractivity contribution in [1.29, 1.82) is 0 Å². The first-order valence-corrected chi connectivity index (χ1v) is 9.72. The number of hydrogen-bond donors (Lipinski definition) is 3. The summed E-state index contributed by atoms with van der Waals surface area (Å²) in [4.78, 5) is 36.5. The Morgan fingerprint density at radius 2 is 1.85 bits per heavy atom. The summed E-state index contributed by atoms with van der Waals surface area (Å²) in [6.45, 7) is 0.747. The van der Waals surface area contributed by atoms with Gasteiger partial charge in [-0.2, -0.15) is 13.2 Å². The Labute approximate surface area is 183 Å². The van der Waals surface area contributed by atoms with Crippen LogP contribution in [-0.4, -0.2) is 33.2 Å². The SMILES string of the molecule is Cc1ccc2c3c1c(O)c(C(=O)NCC(=O)O)c(=O)n3CC(c1ccc(C(F)(F)F)cc1)O2. The normalized spacial score (nSPS) is 15.2. The van der Waals surface area contributed by atoms with Crippen molar-refractivity contribution < 1.29 is 37.7 Å². The van der Waals surface area contributed by atoms with E-state index in [0.29, 0.717) is 11.1 Å². The molecule has 4 rings (SSSR count). The summed E-state index contributed by atoms with van der Waals surface area (Å²) < 4.78 is 45.8. The Morgan fingerprint density at radius 1 is 1.18 bits per heavy atom. The van der Waals surface area contributed by atoms with Crippen molar-refractivity contribution >= 4 is 22.8 Å². The second-order valence-electron chi connectivity index (χ2n) is 7.55. The van der Waals surface area contributed by atoms with Gasteiger partial charge in [-0.3, -0.25) is 19.0 Å². The minimum Gasteiger partial charge on any atom is -0.506 e. The van der Waals surface area contributed by atoms with E-state index in [4.69, 9.17) is 9.84 Å². The highest BCUT2D eigenvalue weighted by Gasteiger charge is 2.33. The van der Waals surface area contributed by atoms with Gasteiger partial charge in [0.1, 0.15) is 29.7 Å². The third-order valence-electron chi connectivity index (χ3n) is 5.41. The average molecular weight is 462 g/mol. The van der Waals surface area contributed by atoms with Gasteiger partial charge in [0.2, 0.25) is 0 Å². The minimum atomic E-state index is -4.51. The minimum absolute atomic E-state index is 0.142. The molecule has 2 heterocycles. The van der Waals surface area contributed by atoms with Gasteiger partial charge in [-0.1, -0.05) is 18.2 Å². The van der Waals surface area contributed by atoms with Crippen molar-refractivity contribution in [2.75, 3.05) is 6.54 Å². The van der Waals surface area contributed by atoms with Crippen LogP contribution in [0.4, 0.5) is 13.2 Å². The number of nitrogens with zero attached hydrogens (tertiary/aromatic N) is 1. The van der Waals surface area contributed by atoms with Crippen molar-refractivity contribution in [1.82, 2.24) is 9.88 Å². The van der Waals surface area contributed by atoms with Crippen LogP contribution in [0.3, 0.4) is 0 Å². The van der Waals surface area contributed by atoms with Crippen molar-refractivity contribution in [3.8, 4) is 11.5 Å². The number of carbonyl (C=O) groups is 2. The summed E-state index contributed by atoms with van der Waals surface area (Å²) in [7, 11) is 0. The number of halogens is 3. The fraction of sp³-hybridized carbons (Fsp3) is 0.227. The molecule has 0 radical (unpaired) electrons. The van der Waals surface area contributed by atoms with E-state index in [1.165, 1.54) is 16.7 Å². The lowest BCUT2D eigenvalue weighted by Crippen LogP contribution is -2.38. The number of aryl methyl sites for hydroxylation is 1. The largest absolute Gasteiger partial charge is 0.506 e. The summed E-state index contributed by atoms with van der Waals surface area (Å²) in [5.74, 6) is -2.80. The molecule has 33 heavy (non-hydrogen) atoms. The van der Waals surface area contributed by atoms with E-state index < -0.39 is 53.1 Å². The molecule has 8 nitrogen and oxygen atoms in total. The van der Waals surface area contributed by atoms with Crippen LogP contribution in [0.1, 0.15) is 33.2 Å². The summed E-state index contributed by atoms with van der Waals surface area (Å²) in [6, 6.07) is 7.46. The number of carboxylic acids is 1. The topological polar surface area (TPSA) is 118 Å². The molecule has 11 heteroatoms. The van der Waals surface area contributed by atoms with Crippen LogP contribution >= 0.6 is 0 Å². The molecule has 2 aromatic carbocycles. The standard InChI is InChI=1S/C22H17F3N2O6/c1-10-2-7-13-18-16(10)19(30)17(20(31)26-8-15(28)29)21(32)27(18)9-14(33-13)11-3-5-12(6-4-11)22(23,24)25/h2-7,14,30H,8-9H2,1H3,(H,26,31)(H,28,29). The zero-order valence-electron chi connectivity index (χ0n) is 17.1. The van der Waals surface area contributed by atoms with Gasteiger partial charge >= 0.3 is 12.1 Å². The van der Waals surface area contributed by atoms with Crippen LogP contribution < -0.4 is 15.6 Å². The summed E-state index contributed by atoms with van der Waals surface area (Å²) >= 11 is 0. The van der Waals surface area contributed by atoms with Crippen LogP contribution in [-0.2, 0) is 17.5 Å². The second-order valence-corrected chi connectivity index (χ2v) is 7.55. The van der Waals surface area contributed by atoms with E-state index in [0.717, 1.165) is 12.1 Å². The van der Waals surface area contributed by atoms with Gasteiger partial charge in [0.05, 0.1) is 17.6 Å². The third kappa shape index (κ3) is 3.86. The van der Waals surface area contributed by atoms with Crippen molar-refractivity contribution in [2.45, 2.75) is 25.7 Å². The van der Waals surface area contributed by atoms with Crippen molar-refractivity contribution in [3.63, 3.8) is 0 Å². The summed E-state index contributed by atoms with van der Waals surface area (Å²) in [6.07, 6.45) is -5.35. The van der Waals surface area contributed by atoms with Crippen LogP contribution in [0.5, 0.6) is 11.5 Å². The highest BCUT2D eigenvalue weighted by molar-refractivity contribution is 6.05. The highest BCUT2D eigenvalue weighted by atomic mass is 19.4. The second kappa shape index (κ2) is 7.84. The van der Waals surface area contributed by atoms with Gasteiger partial charge < -0.3 is 20.3 Å². The Kier molecular flexibility index (Phi) is 5.27. The molecule has 1 aliphatic rings. The van der Waals surface area contributed by atoms with Crippen LogP contribution in [0.25, 0.3) is 10.9 Å². The number of hydrogen-bond acceptors (Lipinski definition) is 5. The first-order chi connectivity index (χ1) is 15.5. The number of rotatable bonds is 4. The number of amides is 1. The van der Waals surface area contributed by atoms with Gasteiger partial charge in [0.15, 0.2) is 0 Å². The van der Waals surface area contributed by atoms with Gasteiger partial charge in [-0.05, 0) is 36.2 Å². The smallest absolute Gasteiger partial charge is 0.416 e. The first-order valence-electron chi connectivity index (χ1n) is 9.72. The zero-order valence-corrected chi connectivity index (χ0v) is 17.1. The van der Waals surface area contributed by atoms with E-state index in [9.17, 15) is 32.7 Å². The maximum absolute atomic E-state index is 13.2. The van der Waals surface area contributed by atoms with Crippen LogP contribution in [0, 0.1) is 6.92 Å². The maximum atomic E-state index is 13.2. The zero-order chi connectivity index (χ0) is 24.1. The number of carbonyl (C=O) groups excluding carboxylic acids is 1. The number of ether oxygens (including phenoxy) is 1. The molecule has 1 atom stereocenters. The Bertz CT molecular complexity index is 1350. The Balaban J connectivity index is 1.83. The quantitative estimate of drug-likeness (QED) is 0.549. The molecule has 3 aromatic rings. The number of aliphatic carboxylic acids is 1. The fourth-order valence-corrected chi connectivity index (χ4v) is 3.84. The molecule has 0 saturated carbocycles. The molecule has 0 spiro atoms. The molecule has 1 unspecified atom stereocenters. The Morgan fingerprint density at radius 3 is 2.45 bits per heavy atom. The van der Waals surface area contributed by atoms with E-state index in [2.05, 4.69) is 5.32 Å². The number of aromatic nitrogens is 1. The summed E-state index contributed by atoms with van der Waals surface area (Å²) in [5, 5.41) is 21.8. The molecular formula is C22H17F3N2O6. The van der Waals surface area contributed by atoms with Gasteiger partial charge in [0.25, 0.3) is 11.5 Å². The molecule has 0 bridgehead atoms. The van der Waals surface area contributed by atoms with E-state index >= 15 is 0 Å². The number of aromatic hydroxyl groups is 1. The van der Waals surface area contributed by atoms with E-state index in [1.807, 2.05) is 0 Å². The molecule has 0 saturated heterocycles. The monoisotopic (exact) mass is 462 g/mol. The molecule has 172 valence electrons. The van der Waals surface area contributed by atoms with Gasteiger partial charge in [-0.25, -0.2) is 0 Å². The molecular weight excluding hydrogens is 445 g/mol. The molecule has 0 aliphatic carbocycles. The van der Waals surface area contributed by atoms with Crippen molar-refractivity contribution in [2.24, 2.45) is 0 Å². The number of pyridine rings is 1. The number of benzene rings is 2. The molecule has 3 N–H and O–H groups in total. The molecule has 1 amide bonds. The lowest BCUT2D eigenvalue weighted by molar-refractivity contribution is -0.138. The van der Waals surface area contributed by atoms with Gasteiger partial charge in [-0.15, -0.1) is 0 Å². The lowest BCUT2D eigenvalue weighted by atomic mass is 10.0. The van der Waals surface area contributed by atoms with Crippen molar-refractivity contribution in [3.05, 3.63) is 69.0 Å². The van der Waals surface area contributed by atoms with E-state index in [-0.39, 0.29) is 23.2 Å². The predicted octanol–water partition coefficient (Wildman–Crippen LogP) is 2.98. The van der Waals surface area contributed by atoms with Crippen LogP contribution in [0.15, 0.2) is 41.2 Å². The van der Waals surface area contributed by atoms with Gasteiger partial charge in [0, 0.05) is 5.39 Å². The third-order valence-corrected chi connectivity index (χ3v) is 5.41. The predicted molar refractivity (Wildman–Crippen MR) is 109 cm³/mol. The van der Waals surface area contributed by atoms with E-state index in [1.54, 1.807) is 19.1 Å². The number of alkyl halides is 3. The maximum Gasteiger partial charge on any atom is 0.416 e. The number of carboxylic acid groups (broad SMARTS) is 1. The van der Waals surface area contributed by atoms with Crippen LogP contribution in [0.2, 0.25) is 0 Å². The Hall–Kier alpha value is -4.02. The summed E-state index contributed by atoms with van der Waals surface area (Å²) in [5.41, 5.74) is -1.20. The molecule has 1 aromatic heterocycles. The average Bonchev–Trinajstić information content (AvgIpc) is 2.75. The number of nitrogens with one attached hydrogen (secondary N) is 1. The molecule has 1 aliphatic heterocycles.